The fourth-order valence-electron chi connectivity index (χ4n) is 2.53. The molecule has 1 aliphatic heterocycles. The highest BCUT2D eigenvalue weighted by atomic mass is 19.1. The zero-order chi connectivity index (χ0) is 14.7. The van der Waals surface area contributed by atoms with Crippen LogP contribution in [0.15, 0.2) is 18.5 Å². The van der Waals surface area contributed by atoms with Crippen LogP contribution in [-0.2, 0) is 24.3 Å². The SMILES string of the molecule is O=C(CCF)N1CCc2nnc(Cn3cccn3)n2CC1. The molecule has 0 saturated heterocycles. The first-order chi connectivity index (χ1) is 10.3. The lowest BCUT2D eigenvalue weighted by Gasteiger charge is -2.19. The van der Waals surface area contributed by atoms with Crippen LogP contribution in [0.25, 0.3) is 0 Å². The van der Waals surface area contributed by atoms with Crippen LogP contribution in [0, 0.1) is 0 Å². The van der Waals surface area contributed by atoms with Gasteiger partial charge in [0, 0.05) is 38.4 Å². The molecule has 0 radical (unpaired) electrons. The van der Waals surface area contributed by atoms with Gasteiger partial charge in [0.05, 0.1) is 13.1 Å². The highest BCUT2D eigenvalue weighted by Gasteiger charge is 2.21. The Balaban J connectivity index is 1.72. The number of aromatic nitrogens is 5. The van der Waals surface area contributed by atoms with Crippen molar-refractivity contribution in [2.75, 3.05) is 19.8 Å². The van der Waals surface area contributed by atoms with Crippen LogP contribution in [0.2, 0.25) is 0 Å². The first-order valence-electron chi connectivity index (χ1n) is 7.00. The molecular weight excluding hydrogens is 275 g/mol. The minimum atomic E-state index is -0.605. The molecule has 3 heterocycles. The maximum absolute atomic E-state index is 12.3. The van der Waals surface area contributed by atoms with E-state index in [-0.39, 0.29) is 12.3 Å². The standard InChI is InChI=1S/C13H17FN6O/c14-4-2-13(21)18-7-3-11-16-17-12(20(11)9-8-18)10-19-6-1-5-15-19/h1,5-6H,2-4,7-10H2. The Bertz CT molecular complexity index is 608. The molecule has 0 atom stereocenters. The molecule has 0 spiro atoms. The molecule has 0 aromatic carbocycles. The minimum absolute atomic E-state index is 0.0410. The van der Waals surface area contributed by atoms with Crippen molar-refractivity contribution in [1.82, 2.24) is 29.4 Å². The van der Waals surface area contributed by atoms with Crippen molar-refractivity contribution >= 4 is 5.91 Å². The topological polar surface area (TPSA) is 68.8 Å². The third-order valence-electron chi connectivity index (χ3n) is 3.63. The fraction of sp³-hybridized carbons (Fsp3) is 0.538. The number of hydrogen-bond donors (Lipinski definition) is 0. The smallest absolute Gasteiger partial charge is 0.225 e. The van der Waals surface area contributed by atoms with Crippen molar-refractivity contribution in [3.8, 4) is 0 Å². The summed E-state index contributed by atoms with van der Waals surface area (Å²) in [5, 5.41) is 12.6. The number of rotatable bonds is 4. The molecule has 0 unspecified atom stereocenters. The number of halogens is 1. The van der Waals surface area contributed by atoms with E-state index in [0.29, 0.717) is 32.6 Å². The normalized spacial score (nSPS) is 14.8. The van der Waals surface area contributed by atoms with Crippen LogP contribution in [0.3, 0.4) is 0 Å². The van der Waals surface area contributed by atoms with Gasteiger partial charge in [0.25, 0.3) is 0 Å². The van der Waals surface area contributed by atoms with Crippen molar-refractivity contribution < 1.29 is 9.18 Å². The van der Waals surface area contributed by atoms with Gasteiger partial charge in [-0.2, -0.15) is 5.10 Å². The lowest BCUT2D eigenvalue weighted by atomic mass is 10.3. The molecule has 1 aliphatic rings. The summed E-state index contributed by atoms with van der Waals surface area (Å²) < 4.78 is 16.1. The number of carbonyl (C=O) groups excluding carboxylic acids is 1. The lowest BCUT2D eigenvalue weighted by molar-refractivity contribution is -0.131. The van der Waals surface area contributed by atoms with Crippen LogP contribution >= 0.6 is 0 Å². The molecule has 0 saturated carbocycles. The maximum Gasteiger partial charge on any atom is 0.225 e. The van der Waals surface area contributed by atoms with Gasteiger partial charge in [-0.25, -0.2) is 0 Å². The average molecular weight is 292 g/mol. The first-order valence-corrected chi connectivity index (χ1v) is 7.00. The van der Waals surface area contributed by atoms with E-state index in [0.717, 1.165) is 11.6 Å². The van der Waals surface area contributed by atoms with Gasteiger partial charge in [-0.3, -0.25) is 13.9 Å². The van der Waals surface area contributed by atoms with Gasteiger partial charge < -0.3 is 9.47 Å². The summed E-state index contributed by atoms with van der Waals surface area (Å²) in [6, 6.07) is 1.86. The lowest BCUT2D eigenvalue weighted by Crippen LogP contribution is -2.33. The van der Waals surface area contributed by atoms with E-state index in [1.807, 2.05) is 16.8 Å². The number of hydrogen-bond acceptors (Lipinski definition) is 4. The minimum Gasteiger partial charge on any atom is -0.340 e. The zero-order valence-corrected chi connectivity index (χ0v) is 11.7. The molecule has 0 fully saturated rings. The summed E-state index contributed by atoms with van der Waals surface area (Å²) in [5.74, 6) is 1.56. The number of carbonyl (C=O) groups is 1. The van der Waals surface area contributed by atoms with Gasteiger partial charge in [-0.1, -0.05) is 0 Å². The van der Waals surface area contributed by atoms with Crippen LogP contribution in [0.1, 0.15) is 18.1 Å². The van der Waals surface area contributed by atoms with Gasteiger partial charge in [0.1, 0.15) is 12.4 Å². The molecule has 112 valence electrons. The van der Waals surface area contributed by atoms with E-state index in [1.54, 1.807) is 15.8 Å². The Kier molecular flexibility index (Phi) is 3.94. The number of fused-ring (bicyclic) bond motifs is 1. The van der Waals surface area contributed by atoms with Gasteiger partial charge in [-0.05, 0) is 6.07 Å². The van der Waals surface area contributed by atoms with Gasteiger partial charge >= 0.3 is 0 Å². The van der Waals surface area contributed by atoms with Crippen LogP contribution in [0.5, 0.6) is 0 Å². The van der Waals surface area contributed by atoms with E-state index in [2.05, 4.69) is 15.3 Å². The van der Waals surface area contributed by atoms with Crippen molar-refractivity contribution in [1.29, 1.82) is 0 Å². The van der Waals surface area contributed by atoms with Crippen LogP contribution < -0.4 is 0 Å². The van der Waals surface area contributed by atoms with E-state index in [4.69, 9.17) is 0 Å². The summed E-state index contributed by atoms with van der Waals surface area (Å²) in [5.41, 5.74) is 0. The van der Waals surface area contributed by atoms with Gasteiger partial charge in [0.15, 0.2) is 5.82 Å². The maximum atomic E-state index is 12.3. The Morgan fingerprint density at radius 2 is 2.19 bits per heavy atom. The molecule has 7 nitrogen and oxygen atoms in total. The Labute approximate surface area is 121 Å². The highest BCUT2D eigenvalue weighted by Crippen LogP contribution is 2.11. The monoisotopic (exact) mass is 292 g/mol. The second-order valence-corrected chi connectivity index (χ2v) is 4.96. The summed E-state index contributed by atoms with van der Waals surface area (Å²) in [6.45, 7) is 1.72. The predicted molar refractivity (Wildman–Crippen MR) is 72.2 cm³/mol. The molecule has 2 aromatic rings. The molecule has 21 heavy (non-hydrogen) atoms. The van der Waals surface area contributed by atoms with Crippen LogP contribution in [-0.4, -0.2) is 55.1 Å². The number of amides is 1. The first kappa shape index (κ1) is 13.7. The molecule has 0 aliphatic carbocycles. The van der Waals surface area contributed by atoms with Crippen molar-refractivity contribution in [3.63, 3.8) is 0 Å². The summed E-state index contributed by atoms with van der Waals surface area (Å²) >= 11 is 0. The summed E-state index contributed by atoms with van der Waals surface area (Å²) in [6.07, 6.45) is 4.19. The predicted octanol–water partition coefficient (Wildman–Crippen LogP) is 0.267. The Morgan fingerprint density at radius 3 is 2.95 bits per heavy atom. The van der Waals surface area contributed by atoms with E-state index < -0.39 is 6.67 Å². The Hall–Kier alpha value is -2.25. The van der Waals surface area contributed by atoms with Crippen molar-refractivity contribution in [2.24, 2.45) is 0 Å². The van der Waals surface area contributed by atoms with Gasteiger partial charge in [-0.15, -0.1) is 10.2 Å². The molecule has 1 amide bonds. The quantitative estimate of drug-likeness (QED) is 0.811. The van der Waals surface area contributed by atoms with E-state index in [1.165, 1.54) is 0 Å². The van der Waals surface area contributed by atoms with E-state index >= 15 is 0 Å². The van der Waals surface area contributed by atoms with E-state index in [9.17, 15) is 9.18 Å². The van der Waals surface area contributed by atoms with Gasteiger partial charge in [0.2, 0.25) is 5.91 Å². The summed E-state index contributed by atoms with van der Waals surface area (Å²) in [4.78, 5) is 13.5. The largest absolute Gasteiger partial charge is 0.340 e. The highest BCUT2D eigenvalue weighted by molar-refractivity contribution is 5.76. The fourth-order valence-corrected chi connectivity index (χ4v) is 2.53. The summed E-state index contributed by atoms with van der Waals surface area (Å²) in [7, 11) is 0. The average Bonchev–Trinajstić information content (AvgIpc) is 3.06. The number of alkyl halides is 1. The third-order valence-corrected chi connectivity index (χ3v) is 3.63. The zero-order valence-electron chi connectivity index (χ0n) is 11.7. The third kappa shape index (κ3) is 2.93. The Morgan fingerprint density at radius 1 is 1.29 bits per heavy atom. The van der Waals surface area contributed by atoms with Crippen molar-refractivity contribution in [2.45, 2.75) is 25.9 Å². The second-order valence-electron chi connectivity index (χ2n) is 4.96. The molecular formula is C13H17FN6O. The molecule has 3 rings (SSSR count). The molecule has 0 bridgehead atoms. The second kappa shape index (κ2) is 6.02. The van der Waals surface area contributed by atoms with Crippen molar-refractivity contribution in [3.05, 3.63) is 30.1 Å². The molecule has 0 N–H and O–H groups in total. The van der Waals surface area contributed by atoms with Crippen LogP contribution in [0.4, 0.5) is 4.39 Å². The number of nitrogens with zero attached hydrogens (tertiary/aromatic N) is 6. The molecule has 2 aromatic heterocycles. The molecule has 8 heteroatoms.